The van der Waals surface area contributed by atoms with Gasteiger partial charge in [-0.3, -0.25) is 0 Å². The molecule has 1 N–H and O–H groups in total. The predicted octanol–water partition coefficient (Wildman–Crippen LogP) is 1.61. The Bertz CT molecular complexity index is 207. The van der Waals surface area contributed by atoms with E-state index in [0.29, 0.717) is 6.04 Å². The van der Waals surface area contributed by atoms with E-state index in [4.69, 9.17) is 5.26 Å². The molecule has 0 heterocycles. The van der Waals surface area contributed by atoms with E-state index in [1.807, 2.05) is 0 Å². The highest BCUT2D eigenvalue weighted by atomic mass is 15.1. The zero-order valence-corrected chi connectivity index (χ0v) is 10.00. The monoisotopic (exact) mass is 209 g/mol. The number of nitrogens with one attached hydrogen (secondary N) is 1. The maximum absolute atomic E-state index is 9.01. The molecule has 0 amide bonds. The van der Waals surface area contributed by atoms with E-state index in [2.05, 4.69) is 30.4 Å². The zero-order chi connectivity index (χ0) is 11.1. The summed E-state index contributed by atoms with van der Waals surface area (Å²) < 4.78 is 0. The number of rotatable bonds is 5. The minimum atomic E-state index is 0.248. The van der Waals surface area contributed by atoms with Crippen LogP contribution in [0.4, 0.5) is 0 Å². The van der Waals surface area contributed by atoms with Crippen molar-refractivity contribution >= 4 is 0 Å². The Kier molecular flexibility index (Phi) is 5.67. The molecule has 0 aliphatic heterocycles. The van der Waals surface area contributed by atoms with Gasteiger partial charge in [0.25, 0.3) is 0 Å². The summed E-state index contributed by atoms with van der Waals surface area (Å²) in [7, 11) is 4.19. The van der Waals surface area contributed by atoms with Crippen LogP contribution in [-0.4, -0.2) is 38.1 Å². The molecular formula is C12H23N3. The summed E-state index contributed by atoms with van der Waals surface area (Å²) in [5.74, 6) is 0.248. The molecular weight excluding hydrogens is 186 g/mol. The second kappa shape index (κ2) is 6.81. The fraction of sp³-hybridized carbons (Fsp3) is 0.917. The van der Waals surface area contributed by atoms with Crippen molar-refractivity contribution < 1.29 is 0 Å². The average Bonchev–Trinajstić information content (AvgIpc) is 2.24. The Morgan fingerprint density at radius 3 is 2.73 bits per heavy atom. The Morgan fingerprint density at radius 2 is 2.07 bits per heavy atom. The van der Waals surface area contributed by atoms with E-state index in [1.54, 1.807) is 0 Å². The summed E-state index contributed by atoms with van der Waals surface area (Å²) in [6, 6.07) is 2.88. The highest BCUT2D eigenvalue weighted by Gasteiger charge is 2.23. The molecule has 0 aromatic rings. The molecule has 0 aromatic carbocycles. The SMILES string of the molecule is CN(C)CCCNC1CCCCC1C#N. The van der Waals surface area contributed by atoms with Crippen LogP contribution in [0.25, 0.3) is 0 Å². The molecule has 0 aromatic heterocycles. The smallest absolute Gasteiger partial charge is 0.0672 e. The number of hydrogen-bond donors (Lipinski definition) is 1. The lowest BCUT2D eigenvalue weighted by molar-refractivity contribution is 0.304. The molecule has 1 aliphatic rings. The Balaban J connectivity index is 2.16. The molecule has 86 valence electrons. The van der Waals surface area contributed by atoms with Gasteiger partial charge in [-0.2, -0.15) is 5.26 Å². The number of nitriles is 1. The second-order valence-corrected chi connectivity index (χ2v) is 4.74. The van der Waals surface area contributed by atoms with Gasteiger partial charge in [0, 0.05) is 6.04 Å². The first-order valence-corrected chi connectivity index (χ1v) is 6.01. The lowest BCUT2D eigenvalue weighted by atomic mass is 9.85. The van der Waals surface area contributed by atoms with Crippen LogP contribution in [0.2, 0.25) is 0 Å². The van der Waals surface area contributed by atoms with E-state index in [9.17, 15) is 0 Å². The quantitative estimate of drug-likeness (QED) is 0.699. The van der Waals surface area contributed by atoms with E-state index >= 15 is 0 Å². The van der Waals surface area contributed by atoms with Crippen LogP contribution in [0, 0.1) is 17.2 Å². The molecule has 1 saturated carbocycles. The van der Waals surface area contributed by atoms with Crippen LogP contribution in [0.5, 0.6) is 0 Å². The first kappa shape index (κ1) is 12.5. The van der Waals surface area contributed by atoms with Gasteiger partial charge in [0.2, 0.25) is 0 Å². The first-order chi connectivity index (χ1) is 7.24. The Hall–Kier alpha value is -0.590. The summed E-state index contributed by atoms with van der Waals surface area (Å²) in [5, 5.41) is 12.5. The van der Waals surface area contributed by atoms with Gasteiger partial charge in [0.05, 0.1) is 12.0 Å². The van der Waals surface area contributed by atoms with Crippen LogP contribution in [0.3, 0.4) is 0 Å². The molecule has 1 aliphatic carbocycles. The fourth-order valence-electron chi connectivity index (χ4n) is 2.21. The summed E-state index contributed by atoms with van der Waals surface area (Å²) in [5.41, 5.74) is 0. The van der Waals surface area contributed by atoms with Gasteiger partial charge in [0.1, 0.15) is 0 Å². The molecule has 2 atom stereocenters. The van der Waals surface area contributed by atoms with Gasteiger partial charge in [-0.1, -0.05) is 12.8 Å². The van der Waals surface area contributed by atoms with E-state index in [1.165, 1.54) is 25.7 Å². The van der Waals surface area contributed by atoms with Gasteiger partial charge < -0.3 is 10.2 Å². The Morgan fingerprint density at radius 1 is 1.33 bits per heavy atom. The first-order valence-electron chi connectivity index (χ1n) is 6.01. The summed E-state index contributed by atoms with van der Waals surface area (Å²) >= 11 is 0. The maximum Gasteiger partial charge on any atom is 0.0672 e. The largest absolute Gasteiger partial charge is 0.313 e. The number of hydrogen-bond acceptors (Lipinski definition) is 3. The van der Waals surface area contributed by atoms with Crippen molar-refractivity contribution in [2.75, 3.05) is 27.2 Å². The average molecular weight is 209 g/mol. The van der Waals surface area contributed by atoms with Gasteiger partial charge in [-0.25, -0.2) is 0 Å². The third kappa shape index (κ3) is 4.63. The molecule has 0 saturated heterocycles. The van der Waals surface area contributed by atoms with Gasteiger partial charge in [-0.15, -0.1) is 0 Å². The third-order valence-corrected chi connectivity index (χ3v) is 3.12. The van der Waals surface area contributed by atoms with E-state index in [0.717, 1.165) is 19.5 Å². The van der Waals surface area contributed by atoms with Crippen LogP contribution in [-0.2, 0) is 0 Å². The highest BCUT2D eigenvalue weighted by molar-refractivity contribution is 4.94. The molecule has 1 rings (SSSR count). The predicted molar refractivity (Wildman–Crippen MR) is 62.5 cm³/mol. The zero-order valence-electron chi connectivity index (χ0n) is 10.00. The van der Waals surface area contributed by atoms with Gasteiger partial charge >= 0.3 is 0 Å². The maximum atomic E-state index is 9.01. The molecule has 15 heavy (non-hydrogen) atoms. The van der Waals surface area contributed by atoms with Crippen molar-refractivity contribution in [3.63, 3.8) is 0 Å². The molecule has 1 fully saturated rings. The normalized spacial score (nSPS) is 26.5. The minimum absolute atomic E-state index is 0.248. The molecule has 0 radical (unpaired) electrons. The topological polar surface area (TPSA) is 39.1 Å². The standard InChI is InChI=1S/C12H23N3/c1-15(2)9-5-8-14-12-7-4-3-6-11(12)10-13/h11-12,14H,3-9H2,1-2H3. The second-order valence-electron chi connectivity index (χ2n) is 4.74. The van der Waals surface area contributed by atoms with Crippen LogP contribution in [0.15, 0.2) is 0 Å². The summed E-state index contributed by atoms with van der Waals surface area (Å²) in [4.78, 5) is 2.20. The third-order valence-electron chi connectivity index (χ3n) is 3.12. The fourth-order valence-corrected chi connectivity index (χ4v) is 2.21. The lowest BCUT2D eigenvalue weighted by Crippen LogP contribution is -2.39. The van der Waals surface area contributed by atoms with E-state index < -0.39 is 0 Å². The molecule has 0 spiro atoms. The highest BCUT2D eigenvalue weighted by Crippen LogP contribution is 2.23. The number of nitrogens with zero attached hydrogens (tertiary/aromatic N) is 2. The van der Waals surface area contributed by atoms with Crippen LogP contribution >= 0.6 is 0 Å². The molecule has 3 nitrogen and oxygen atoms in total. The van der Waals surface area contributed by atoms with E-state index in [-0.39, 0.29) is 5.92 Å². The molecule has 3 heteroatoms. The van der Waals surface area contributed by atoms with Gasteiger partial charge in [0.15, 0.2) is 0 Å². The van der Waals surface area contributed by atoms with Crippen molar-refractivity contribution in [1.29, 1.82) is 5.26 Å². The lowest BCUT2D eigenvalue weighted by Gasteiger charge is -2.27. The summed E-state index contributed by atoms with van der Waals surface area (Å²) in [6.07, 6.45) is 5.95. The van der Waals surface area contributed by atoms with Crippen molar-refractivity contribution in [1.82, 2.24) is 10.2 Å². The van der Waals surface area contributed by atoms with Crippen molar-refractivity contribution in [3.05, 3.63) is 0 Å². The summed E-state index contributed by atoms with van der Waals surface area (Å²) in [6.45, 7) is 2.16. The molecule has 2 unspecified atom stereocenters. The van der Waals surface area contributed by atoms with Crippen molar-refractivity contribution in [3.8, 4) is 6.07 Å². The molecule has 0 bridgehead atoms. The van der Waals surface area contributed by atoms with Crippen LogP contribution < -0.4 is 5.32 Å². The van der Waals surface area contributed by atoms with Crippen LogP contribution in [0.1, 0.15) is 32.1 Å². The van der Waals surface area contributed by atoms with Gasteiger partial charge in [-0.05, 0) is 46.4 Å². The van der Waals surface area contributed by atoms with Crippen molar-refractivity contribution in [2.24, 2.45) is 5.92 Å². The minimum Gasteiger partial charge on any atom is -0.313 e. The van der Waals surface area contributed by atoms with Crippen molar-refractivity contribution in [2.45, 2.75) is 38.1 Å². The Labute approximate surface area is 93.5 Å².